The number of hydrogen-bond acceptors (Lipinski definition) is 6. The van der Waals surface area contributed by atoms with Crippen molar-refractivity contribution in [3.63, 3.8) is 0 Å². The topological polar surface area (TPSA) is 77.0 Å². The summed E-state index contributed by atoms with van der Waals surface area (Å²) in [6.07, 6.45) is 6.20. The van der Waals surface area contributed by atoms with Crippen molar-refractivity contribution < 1.29 is 9.53 Å². The van der Waals surface area contributed by atoms with Crippen molar-refractivity contribution in [3.05, 3.63) is 36.4 Å². The molecule has 1 amide bonds. The number of anilines is 1. The molecule has 7 heteroatoms. The number of hydrogen-bond donors (Lipinski definition) is 1. The molecule has 134 valence electrons. The molecular weight excluding hydrogens is 348 g/mol. The summed E-state index contributed by atoms with van der Waals surface area (Å²) in [5.41, 5.74) is 1.95. The molecule has 3 heterocycles. The lowest BCUT2D eigenvalue weighted by Gasteiger charge is -2.11. The number of carbonyl (C=O) groups is 1. The number of ether oxygens (including phenoxy) is 1. The van der Waals surface area contributed by atoms with Crippen molar-refractivity contribution >= 4 is 33.3 Å². The monoisotopic (exact) mass is 368 g/mol. The third-order valence-corrected chi connectivity index (χ3v) is 5.51. The van der Waals surface area contributed by atoms with E-state index in [0.29, 0.717) is 11.7 Å². The molecule has 0 spiro atoms. The molecule has 1 saturated heterocycles. The van der Waals surface area contributed by atoms with E-state index in [1.54, 1.807) is 6.20 Å². The molecule has 1 N–H and O–H groups in total. The van der Waals surface area contributed by atoms with E-state index in [9.17, 15) is 4.79 Å². The van der Waals surface area contributed by atoms with Gasteiger partial charge in [-0.15, -0.1) is 0 Å². The van der Waals surface area contributed by atoms with E-state index < -0.39 is 0 Å². The molecule has 2 aromatic heterocycles. The molecule has 1 unspecified atom stereocenters. The normalized spacial score (nSPS) is 17.8. The van der Waals surface area contributed by atoms with Gasteiger partial charge in [-0.2, -0.15) is 0 Å². The van der Waals surface area contributed by atoms with Crippen molar-refractivity contribution in [1.82, 2.24) is 15.0 Å². The largest absolute Gasteiger partial charge is 0.381 e. The first-order chi connectivity index (χ1) is 12.7. The second-order valence-corrected chi connectivity index (χ2v) is 7.48. The molecule has 1 fully saturated rings. The summed E-state index contributed by atoms with van der Waals surface area (Å²) in [6, 6.07) is 6.07. The number of rotatable bonds is 3. The number of fused-ring (bicyclic) bond motifs is 1. The van der Waals surface area contributed by atoms with Gasteiger partial charge < -0.3 is 10.1 Å². The zero-order chi connectivity index (χ0) is 17.9. The van der Waals surface area contributed by atoms with Gasteiger partial charge in [0.05, 0.1) is 10.4 Å². The molecule has 0 saturated carbocycles. The van der Waals surface area contributed by atoms with Gasteiger partial charge in [-0.25, -0.2) is 15.0 Å². The van der Waals surface area contributed by atoms with Crippen molar-refractivity contribution in [3.8, 4) is 10.4 Å². The minimum Gasteiger partial charge on any atom is -0.381 e. The number of aromatic nitrogens is 3. The lowest BCUT2D eigenvalue weighted by Crippen LogP contribution is -2.22. The molecule has 0 bridgehead atoms. The maximum atomic E-state index is 12.5. The molecule has 0 aliphatic carbocycles. The highest BCUT2D eigenvalue weighted by atomic mass is 32.1. The van der Waals surface area contributed by atoms with Crippen molar-refractivity contribution in [2.24, 2.45) is 5.92 Å². The van der Waals surface area contributed by atoms with Gasteiger partial charge in [0.25, 0.3) is 0 Å². The summed E-state index contributed by atoms with van der Waals surface area (Å²) in [6.45, 7) is 3.28. The Kier molecular flexibility index (Phi) is 4.90. The van der Waals surface area contributed by atoms with E-state index in [1.165, 1.54) is 11.3 Å². The number of amides is 1. The first-order valence-corrected chi connectivity index (χ1v) is 9.59. The Morgan fingerprint density at radius 1 is 1.23 bits per heavy atom. The fraction of sp³-hybridized carbons (Fsp3) is 0.368. The fourth-order valence-corrected chi connectivity index (χ4v) is 3.92. The Labute approximate surface area is 155 Å². The van der Waals surface area contributed by atoms with Crippen LogP contribution >= 0.6 is 11.3 Å². The maximum absolute atomic E-state index is 12.5. The van der Waals surface area contributed by atoms with Crippen LogP contribution in [0.2, 0.25) is 0 Å². The maximum Gasteiger partial charge on any atom is 0.229 e. The van der Waals surface area contributed by atoms with Gasteiger partial charge in [-0.05, 0) is 37.8 Å². The Balaban J connectivity index is 1.51. The van der Waals surface area contributed by atoms with Gasteiger partial charge in [0.2, 0.25) is 5.91 Å². The summed E-state index contributed by atoms with van der Waals surface area (Å²) in [7, 11) is 0. The highest BCUT2D eigenvalue weighted by Crippen LogP contribution is 2.31. The van der Waals surface area contributed by atoms with Crippen LogP contribution in [0.5, 0.6) is 0 Å². The van der Waals surface area contributed by atoms with E-state index in [4.69, 9.17) is 4.74 Å². The van der Waals surface area contributed by atoms with Crippen LogP contribution in [-0.2, 0) is 9.53 Å². The average molecular weight is 368 g/mol. The van der Waals surface area contributed by atoms with Crippen LogP contribution in [0.25, 0.3) is 21.3 Å². The Bertz CT molecular complexity index is 932. The number of thiazole rings is 1. The van der Waals surface area contributed by atoms with Gasteiger partial charge in [-0.3, -0.25) is 4.79 Å². The SMILES string of the molecule is Cc1ncc2ccc(-c3cnc(NC(=O)C4CCCOCC4)s3)cc2n1. The van der Waals surface area contributed by atoms with Crippen LogP contribution in [0.4, 0.5) is 5.13 Å². The number of benzene rings is 1. The minimum absolute atomic E-state index is 0.00481. The zero-order valence-electron chi connectivity index (χ0n) is 14.6. The Morgan fingerprint density at radius 2 is 2.15 bits per heavy atom. The quantitative estimate of drug-likeness (QED) is 0.760. The molecule has 1 aliphatic rings. The van der Waals surface area contributed by atoms with Gasteiger partial charge >= 0.3 is 0 Å². The molecule has 4 rings (SSSR count). The van der Waals surface area contributed by atoms with Crippen molar-refractivity contribution in [2.45, 2.75) is 26.2 Å². The zero-order valence-corrected chi connectivity index (χ0v) is 15.4. The molecule has 1 aliphatic heterocycles. The summed E-state index contributed by atoms with van der Waals surface area (Å²) < 4.78 is 5.43. The van der Waals surface area contributed by atoms with Crippen LogP contribution in [-0.4, -0.2) is 34.1 Å². The summed E-state index contributed by atoms with van der Waals surface area (Å²) in [5, 5.41) is 4.60. The lowest BCUT2D eigenvalue weighted by atomic mass is 10.0. The van der Waals surface area contributed by atoms with E-state index in [1.807, 2.05) is 31.3 Å². The highest BCUT2D eigenvalue weighted by molar-refractivity contribution is 7.19. The molecule has 1 aromatic carbocycles. The molecule has 26 heavy (non-hydrogen) atoms. The molecule has 1 atom stereocenters. The number of nitrogens with one attached hydrogen (secondary N) is 1. The summed E-state index contributed by atoms with van der Waals surface area (Å²) in [5.74, 6) is 0.794. The fourth-order valence-electron chi connectivity index (χ4n) is 3.11. The smallest absolute Gasteiger partial charge is 0.229 e. The van der Waals surface area contributed by atoms with Crippen LogP contribution in [0, 0.1) is 12.8 Å². The van der Waals surface area contributed by atoms with Gasteiger partial charge in [0.15, 0.2) is 5.13 Å². The van der Waals surface area contributed by atoms with Gasteiger partial charge in [0.1, 0.15) is 5.82 Å². The van der Waals surface area contributed by atoms with Gasteiger partial charge in [0, 0.05) is 36.9 Å². The molecule has 6 nitrogen and oxygen atoms in total. The summed E-state index contributed by atoms with van der Waals surface area (Å²) >= 11 is 1.48. The predicted octanol–water partition coefficient (Wildman–Crippen LogP) is 3.82. The van der Waals surface area contributed by atoms with E-state index >= 15 is 0 Å². The molecule has 3 aromatic rings. The van der Waals surface area contributed by atoms with Crippen molar-refractivity contribution in [1.29, 1.82) is 0 Å². The second kappa shape index (κ2) is 7.47. The lowest BCUT2D eigenvalue weighted by molar-refractivity contribution is -0.120. The van der Waals surface area contributed by atoms with Crippen molar-refractivity contribution in [2.75, 3.05) is 18.5 Å². The Morgan fingerprint density at radius 3 is 3.08 bits per heavy atom. The molecule has 0 radical (unpaired) electrons. The van der Waals surface area contributed by atoms with Crippen LogP contribution in [0.3, 0.4) is 0 Å². The van der Waals surface area contributed by atoms with E-state index in [-0.39, 0.29) is 11.8 Å². The molecular formula is C19H20N4O2S. The second-order valence-electron chi connectivity index (χ2n) is 6.45. The predicted molar refractivity (Wildman–Crippen MR) is 102 cm³/mol. The van der Waals surface area contributed by atoms with E-state index in [2.05, 4.69) is 20.3 Å². The standard InChI is InChI=1S/C19H20N4O2S/c1-12-20-10-15-5-4-14(9-16(15)22-12)17-11-21-19(26-17)23-18(24)13-3-2-7-25-8-6-13/h4-5,9-11,13H,2-3,6-8H2,1H3,(H,21,23,24). The number of aryl methyl sites for hydroxylation is 1. The number of nitrogens with zero attached hydrogens (tertiary/aromatic N) is 3. The first kappa shape index (κ1) is 17.1. The third-order valence-electron chi connectivity index (χ3n) is 4.55. The minimum atomic E-state index is 0.00481. The van der Waals surface area contributed by atoms with Crippen LogP contribution in [0.15, 0.2) is 30.6 Å². The summed E-state index contributed by atoms with van der Waals surface area (Å²) in [4.78, 5) is 26.5. The Hall–Kier alpha value is -2.38. The number of carbonyl (C=O) groups excluding carboxylic acids is 1. The first-order valence-electron chi connectivity index (χ1n) is 8.77. The van der Waals surface area contributed by atoms with Gasteiger partial charge in [-0.1, -0.05) is 23.5 Å². The highest BCUT2D eigenvalue weighted by Gasteiger charge is 2.21. The van der Waals surface area contributed by atoms with Crippen LogP contribution in [0.1, 0.15) is 25.1 Å². The average Bonchev–Trinajstić information content (AvgIpc) is 2.93. The third kappa shape index (κ3) is 3.73. The van der Waals surface area contributed by atoms with E-state index in [0.717, 1.165) is 53.0 Å². The van der Waals surface area contributed by atoms with Crippen LogP contribution < -0.4 is 5.32 Å².